The molecule has 0 bridgehead atoms. The van der Waals surface area contributed by atoms with Crippen LogP contribution in [-0.2, 0) is 6.99 Å². The van der Waals surface area contributed by atoms with E-state index < -0.39 is 6.99 Å². The van der Waals surface area contributed by atoms with Crippen molar-refractivity contribution in [2.24, 2.45) is 0 Å². The van der Waals surface area contributed by atoms with Crippen LogP contribution in [0.2, 0.25) is 0 Å². The van der Waals surface area contributed by atoms with Gasteiger partial charge in [-0.3, -0.25) is 0 Å². The van der Waals surface area contributed by atoms with Gasteiger partial charge in [0.2, 0.25) is 0 Å². The van der Waals surface area contributed by atoms with Crippen molar-refractivity contribution in [1.82, 2.24) is 0 Å². The van der Waals surface area contributed by atoms with Gasteiger partial charge in [-0.1, -0.05) is 0 Å². The molecular weight excluding hydrogens is 562 g/mol. The maximum absolute atomic E-state index is 2.52. The Kier molecular flexibility index (Phi) is 7.10. The fraction of sp³-hybridized carbons (Fsp3) is 0. The Balaban J connectivity index is 2.32. The first-order valence-corrected chi connectivity index (χ1v) is 27.8. The summed E-state index contributed by atoms with van der Waals surface area (Å²) in [4.78, 5) is 0. The van der Waals surface area contributed by atoms with Gasteiger partial charge in [-0.25, -0.2) is 0 Å². The van der Waals surface area contributed by atoms with Gasteiger partial charge in [0.05, 0.1) is 0 Å². The summed E-state index contributed by atoms with van der Waals surface area (Å²) in [6, 6.07) is 0. The summed E-state index contributed by atoms with van der Waals surface area (Å²) < 4.78 is 0. The van der Waals surface area contributed by atoms with Crippen molar-refractivity contribution in [1.29, 1.82) is 0 Å². The first-order valence-electron chi connectivity index (χ1n) is 0.507. The Hall–Kier alpha value is 2.93. The van der Waals surface area contributed by atoms with Gasteiger partial charge < -0.3 is 0 Å². The summed E-state index contributed by atoms with van der Waals surface area (Å²) >= 11 is 7.56. The summed E-state index contributed by atoms with van der Waals surface area (Å²) in [7, 11) is 0. The summed E-state index contributed by atoms with van der Waals surface area (Å²) in [5.74, 6) is 0. The van der Waals surface area contributed by atoms with E-state index in [2.05, 4.69) is 57.1 Å². The summed E-state index contributed by atoms with van der Waals surface area (Å²) in [5, 5.41) is 0. The van der Waals surface area contributed by atoms with Gasteiger partial charge in [0.15, 0.2) is 0 Å². The molecule has 0 aromatic heterocycles. The molecule has 0 saturated carbocycles. The van der Waals surface area contributed by atoms with Gasteiger partial charge in [0.1, 0.15) is 0 Å². The van der Waals surface area contributed by atoms with Crippen LogP contribution >= 0.6 is 57.1 Å². The van der Waals surface area contributed by atoms with Crippen molar-refractivity contribution < 1.29 is 6.99 Å². The second-order valence-corrected chi connectivity index (χ2v) is 70.6. The molecule has 0 aromatic rings. The van der Waals surface area contributed by atoms with Gasteiger partial charge in [0, 0.05) is 0 Å². The second kappa shape index (κ2) is 4.10. The van der Waals surface area contributed by atoms with E-state index in [1.165, 1.54) is 0 Å². The van der Waals surface area contributed by atoms with Crippen LogP contribution in [0.1, 0.15) is 0 Å². The van der Waals surface area contributed by atoms with E-state index in [0.717, 1.165) is 0 Å². The molecule has 0 rings (SSSR count). The molecule has 0 spiro atoms. The van der Waals surface area contributed by atoms with E-state index in [0.29, 0.717) is 0 Å². The van der Waals surface area contributed by atoms with E-state index in [-0.39, 0.29) is 0 Å². The van der Waals surface area contributed by atoms with Crippen molar-refractivity contribution in [3.63, 3.8) is 0 Å². The molecule has 0 amide bonds. The molecule has 0 heterocycles. The summed E-state index contributed by atoms with van der Waals surface area (Å²) in [6.45, 7) is -0.683. The third kappa shape index (κ3) is 8.87. The summed E-state index contributed by atoms with van der Waals surface area (Å²) in [5.41, 5.74) is 0. The van der Waals surface area contributed by atoms with Crippen LogP contribution in [0.5, 0.6) is 0 Å². The molecule has 0 fully saturated rings. The third-order valence-electron chi connectivity index (χ3n) is 0. The van der Waals surface area contributed by atoms with Crippen molar-refractivity contribution in [3.05, 3.63) is 0 Å². The van der Waals surface area contributed by atoms with Crippen LogP contribution in [0.25, 0.3) is 0 Å². The zero-order valence-corrected chi connectivity index (χ0v) is 11.3. The van der Waals surface area contributed by atoms with Crippen LogP contribution in [0.4, 0.5) is 0 Å². The molecule has 0 atom stereocenters. The molecule has 4 heteroatoms. The van der Waals surface area contributed by atoms with Gasteiger partial charge in [-0.2, -0.15) is 0 Å². The van der Waals surface area contributed by atoms with Crippen molar-refractivity contribution in [2.45, 2.75) is 0 Å². The zero-order chi connectivity index (χ0) is 3.58. The van der Waals surface area contributed by atoms with E-state index in [4.69, 9.17) is 0 Å². The first-order chi connectivity index (χ1) is 1.73. The van der Waals surface area contributed by atoms with E-state index in [1.807, 2.05) is 0 Å². The quantitative estimate of drug-likeness (QED) is 0.399. The molecular formula is I3Ta. The standard InChI is InChI=1S/3HI.Ta/h3*1H;/q;;;+3/p-3. The molecule has 0 aromatic carbocycles. The Bertz CT molecular complexity index is 8.00. The average Bonchev–Trinajstić information content (AvgIpc) is 0.811. The van der Waals surface area contributed by atoms with Crippen LogP contribution in [0, 0.1) is 0 Å². The van der Waals surface area contributed by atoms with Crippen LogP contribution in [-0.4, -0.2) is 0 Å². The number of halogens is 3. The summed E-state index contributed by atoms with van der Waals surface area (Å²) in [6.07, 6.45) is 0. The fourth-order valence-electron chi connectivity index (χ4n) is 0. The molecule has 0 saturated heterocycles. The number of hydrogen-bond acceptors (Lipinski definition) is 0. The molecule has 0 radical (unpaired) electrons. The van der Waals surface area contributed by atoms with Gasteiger partial charge in [-0.05, 0) is 0 Å². The molecule has 4 heavy (non-hydrogen) atoms. The predicted molar refractivity (Wildman–Crippen MR) is 42.1 cm³/mol. The molecule has 0 unspecified atom stereocenters. The molecule has 0 aliphatic heterocycles. The third-order valence-corrected chi connectivity index (χ3v) is 0. The zero-order valence-electron chi connectivity index (χ0n) is 1.58. The molecule has 0 nitrogen and oxygen atoms in total. The predicted octanol–water partition coefficient (Wildman–Crippen LogP) is 2.65. The topological polar surface area (TPSA) is 0 Å². The monoisotopic (exact) mass is 562 g/mol. The molecule has 26 valence electrons. The van der Waals surface area contributed by atoms with Crippen molar-refractivity contribution in [2.75, 3.05) is 0 Å². The number of hydrogen-bond donors (Lipinski definition) is 0. The Labute approximate surface area is 62.2 Å². The SMILES string of the molecule is [I][Ta]([I])[I]. The molecule has 0 aliphatic rings. The minimum absolute atomic E-state index is 0.683. The van der Waals surface area contributed by atoms with Gasteiger partial charge >= 0.3 is 64.1 Å². The van der Waals surface area contributed by atoms with Crippen molar-refractivity contribution >= 4 is 57.1 Å². The Morgan fingerprint density at radius 3 is 1.00 bits per heavy atom. The molecule has 0 aliphatic carbocycles. The van der Waals surface area contributed by atoms with E-state index in [9.17, 15) is 0 Å². The van der Waals surface area contributed by atoms with Crippen LogP contribution < -0.4 is 0 Å². The number of rotatable bonds is 0. The maximum atomic E-state index is 2.52. The van der Waals surface area contributed by atoms with E-state index >= 15 is 0 Å². The van der Waals surface area contributed by atoms with Crippen molar-refractivity contribution in [3.8, 4) is 0 Å². The van der Waals surface area contributed by atoms with Crippen LogP contribution in [0.3, 0.4) is 0 Å². The first kappa shape index (κ1) is 6.93. The normalized spacial score (nSPS) is 9.00. The van der Waals surface area contributed by atoms with Gasteiger partial charge in [-0.15, -0.1) is 0 Å². The van der Waals surface area contributed by atoms with E-state index in [1.54, 1.807) is 0 Å². The Morgan fingerprint density at radius 1 is 1.00 bits per heavy atom. The fourth-order valence-corrected chi connectivity index (χ4v) is 0. The Morgan fingerprint density at radius 2 is 1.00 bits per heavy atom. The molecule has 0 N–H and O–H groups in total. The average molecular weight is 562 g/mol. The minimum atomic E-state index is -0.683. The van der Waals surface area contributed by atoms with Crippen LogP contribution in [0.15, 0.2) is 0 Å². The second-order valence-electron chi connectivity index (χ2n) is 0.192. The van der Waals surface area contributed by atoms with Gasteiger partial charge in [0.25, 0.3) is 0 Å².